The Labute approximate surface area is 115 Å². The Kier molecular flexibility index (Phi) is 2.16. The molecule has 20 heavy (non-hydrogen) atoms. The lowest BCUT2D eigenvalue weighted by molar-refractivity contribution is -0.137. The van der Waals surface area contributed by atoms with Crippen molar-refractivity contribution in [2.45, 2.75) is 6.04 Å². The van der Waals surface area contributed by atoms with E-state index >= 15 is 0 Å². The van der Waals surface area contributed by atoms with Gasteiger partial charge in [0.1, 0.15) is 0 Å². The third-order valence-corrected chi connectivity index (χ3v) is 4.32. The van der Waals surface area contributed by atoms with E-state index in [1.807, 2.05) is 12.1 Å². The van der Waals surface area contributed by atoms with Crippen LogP contribution < -0.4 is 10.2 Å². The quantitative estimate of drug-likeness (QED) is 0.595. The molecule has 5 rings (SSSR count). The number of para-hydroxylation sites is 1. The van der Waals surface area contributed by atoms with E-state index in [1.54, 1.807) is 30.3 Å². The molecule has 3 heterocycles. The van der Waals surface area contributed by atoms with Crippen molar-refractivity contribution in [3.63, 3.8) is 0 Å². The van der Waals surface area contributed by atoms with Crippen LogP contribution in [0.25, 0.3) is 0 Å². The number of hydrogen-bond acceptors (Lipinski definition) is 3. The van der Waals surface area contributed by atoms with Gasteiger partial charge in [0.2, 0.25) is 17.7 Å². The second kappa shape index (κ2) is 3.79. The molecule has 0 spiro atoms. The number of hydrogen-bond donors (Lipinski definition) is 1. The van der Waals surface area contributed by atoms with Gasteiger partial charge in [0, 0.05) is 0 Å². The number of benzene rings is 1. The monoisotopic (exact) mass is 268 g/mol. The number of nitrogens with zero attached hydrogens (tertiary/aromatic N) is 1. The molecular weight excluding hydrogens is 256 g/mol. The molecule has 5 nitrogen and oxygen atoms in total. The summed E-state index contributed by atoms with van der Waals surface area (Å²) in [5.74, 6) is -2.17. The van der Waals surface area contributed by atoms with Crippen LogP contribution >= 0.6 is 0 Å². The summed E-state index contributed by atoms with van der Waals surface area (Å²) in [6.45, 7) is 0. The molecule has 1 aliphatic carbocycles. The first-order valence-electron chi connectivity index (χ1n) is 6.60. The van der Waals surface area contributed by atoms with Crippen LogP contribution in [0.15, 0.2) is 42.5 Å². The molecule has 2 saturated heterocycles. The molecule has 1 aromatic carbocycles. The number of carbonyl (C=O) groups excluding carboxylic acids is 3. The number of fused-ring (bicyclic) bond motifs is 1. The topological polar surface area (TPSA) is 66.5 Å². The van der Waals surface area contributed by atoms with Crippen molar-refractivity contribution >= 4 is 23.4 Å². The van der Waals surface area contributed by atoms with Crippen molar-refractivity contribution in [1.82, 2.24) is 5.32 Å². The van der Waals surface area contributed by atoms with E-state index in [1.165, 1.54) is 4.90 Å². The van der Waals surface area contributed by atoms with Crippen LogP contribution in [0.3, 0.4) is 0 Å². The Hall–Kier alpha value is -2.43. The standard InChI is InChI=1S/C15H12N2O3/c18-13-9-6-7-10(16-13)12-11(9)14(19)17(15(12)20)8-4-2-1-3-5-8/h1-7,9-12H,(H,16,18)/t9-,10-,11-,12+/m0/s1. The third-order valence-electron chi connectivity index (χ3n) is 4.32. The van der Waals surface area contributed by atoms with Crippen molar-refractivity contribution in [2.24, 2.45) is 17.8 Å². The van der Waals surface area contributed by atoms with Crippen molar-refractivity contribution in [1.29, 1.82) is 0 Å². The van der Waals surface area contributed by atoms with Crippen molar-refractivity contribution in [3.8, 4) is 0 Å². The van der Waals surface area contributed by atoms with Gasteiger partial charge in [0.05, 0.1) is 29.5 Å². The number of imide groups is 1. The van der Waals surface area contributed by atoms with E-state index in [4.69, 9.17) is 0 Å². The van der Waals surface area contributed by atoms with Crippen molar-refractivity contribution in [2.75, 3.05) is 4.90 Å². The minimum Gasteiger partial charge on any atom is -0.349 e. The van der Waals surface area contributed by atoms with E-state index in [0.29, 0.717) is 5.69 Å². The van der Waals surface area contributed by atoms with Gasteiger partial charge in [-0.05, 0) is 12.1 Å². The lowest BCUT2D eigenvalue weighted by atomic mass is 9.71. The summed E-state index contributed by atoms with van der Waals surface area (Å²) in [5, 5.41) is 2.78. The Morgan fingerprint density at radius 2 is 1.60 bits per heavy atom. The van der Waals surface area contributed by atoms with Crippen LogP contribution in [-0.4, -0.2) is 23.8 Å². The smallest absolute Gasteiger partial charge is 0.240 e. The SMILES string of the molecule is O=C1N[C@H]2C=C[C@H]1[C@@H]1C(=O)N(c3ccccc3)C(=O)[C@@H]12. The summed E-state index contributed by atoms with van der Waals surface area (Å²) >= 11 is 0. The predicted molar refractivity (Wildman–Crippen MR) is 70.5 cm³/mol. The van der Waals surface area contributed by atoms with E-state index in [2.05, 4.69) is 5.32 Å². The number of rotatable bonds is 1. The lowest BCUT2D eigenvalue weighted by Crippen LogP contribution is -2.57. The van der Waals surface area contributed by atoms with E-state index in [9.17, 15) is 14.4 Å². The Balaban J connectivity index is 1.79. The van der Waals surface area contributed by atoms with E-state index in [-0.39, 0.29) is 23.8 Å². The molecule has 4 aliphatic rings. The van der Waals surface area contributed by atoms with Crippen LogP contribution in [0.1, 0.15) is 0 Å². The number of amides is 3. The van der Waals surface area contributed by atoms with Crippen LogP contribution in [0.2, 0.25) is 0 Å². The van der Waals surface area contributed by atoms with Crippen LogP contribution in [0.5, 0.6) is 0 Å². The first-order valence-corrected chi connectivity index (χ1v) is 6.60. The van der Waals surface area contributed by atoms with Gasteiger partial charge in [-0.25, -0.2) is 4.90 Å². The highest BCUT2D eigenvalue weighted by Crippen LogP contribution is 2.43. The lowest BCUT2D eigenvalue weighted by Gasteiger charge is -2.38. The number of anilines is 1. The molecule has 0 unspecified atom stereocenters. The number of piperidine rings is 1. The van der Waals surface area contributed by atoms with Crippen LogP contribution in [0, 0.1) is 17.8 Å². The molecule has 1 N–H and O–H groups in total. The maximum Gasteiger partial charge on any atom is 0.240 e. The molecule has 0 aromatic heterocycles. The maximum absolute atomic E-state index is 12.6. The molecule has 3 aliphatic heterocycles. The first-order chi connectivity index (χ1) is 9.68. The summed E-state index contributed by atoms with van der Waals surface area (Å²) in [6, 6.07) is 8.51. The van der Waals surface area contributed by atoms with Gasteiger partial charge in [-0.15, -0.1) is 0 Å². The van der Waals surface area contributed by atoms with Crippen LogP contribution in [0.4, 0.5) is 5.69 Å². The summed E-state index contributed by atoms with van der Waals surface area (Å²) in [5.41, 5.74) is 0.573. The maximum atomic E-state index is 12.6. The minimum absolute atomic E-state index is 0.158. The molecule has 5 heteroatoms. The fraction of sp³-hybridized carbons (Fsp3) is 0.267. The fourth-order valence-corrected chi connectivity index (χ4v) is 3.43. The number of nitrogens with one attached hydrogen (secondary N) is 1. The van der Waals surface area contributed by atoms with E-state index < -0.39 is 17.8 Å². The highest BCUT2D eigenvalue weighted by Gasteiger charge is 2.59. The zero-order chi connectivity index (χ0) is 13.9. The molecular formula is C15H12N2O3. The summed E-state index contributed by atoms with van der Waals surface area (Å²) < 4.78 is 0. The third kappa shape index (κ3) is 1.29. The average Bonchev–Trinajstić information content (AvgIpc) is 2.74. The molecule has 0 saturated carbocycles. The van der Waals surface area contributed by atoms with Gasteiger partial charge >= 0.3 is 0 Å². The Morgan fingerprint density at radius 1 is 0.900 bits per heavy atom. The molecule has 2 bridgehead atoms. The van der Waals surface area contributed by atoms with Crippen molar-refractivity contribution < 1.29 is 14.4 Å². The average molecular weight is 268 g/mol. The van der Waals surface area contributed by atoms with Gasteiger partial charge < -0.3 is 5.32 Å². The van der Waals surface area contributed by atoms with Gasteiger partial charge in [-0.1, -0.05) is 30.4 Å². The summed E-state index contributed by atoms with van der Waals surface area (Å²) in [6.07, 6.45) is 3.58. The fourth-order valence-electron chi connectivity index (χ4n) is 3.43. The Bertz CT molecular complexity index is 652. The Morgan fingerprint density at radius 3 is 2.30 bits per heavy atom. The highest BCUT2D eigenvalue weighted by molar-refractivity contribution is 6.24. The van der Waals surface area contributed by atoms with Gasteiger partial charge in [0.25, 0.3) is 0 Å². The second-order valence-corrected chi connectivity index (χ2v) is 5.34. The molecule has 4 atom stereocenters. The van der Waals surface area contributed by atoms with Gasteiger partial charge in [-0.2, -0.15) is 0 Å². The normalized spacial score (nSPS) is 34.4. The number of carbonyl (C=O) groups is 3. The largest absolute Gasteiger partial charge is 0.349 e. The zero-order valence-corrected chi connectivity index (χ0v) is 10.5. The molecule has 1 aromatic rings. The first kappa shape index (κ1) is 11.4. The minimum atomic E-state index is -0.550. The molecule has 0 radical (unpaired) electrons. The van der Waals surface area contributed by atoms with Gasteiger partial charge in [-0.3, -0.25) is 14.4 Å². The molecule has 2 fully saturated rings. The summed E-state index contributed by atoms with van der Waals surface area (Å²) in [7, 11) is 0. The highest BCUT2D eigenvalue weighted by atomic mass is 16.2. The van der Waals surface area contributed by atoms with Crippen LogP contribution in [-0.2, 0) is 14.4 Å². The molecule has 100 valence electrons. The predicted octanol–water partition coefficient (Wildman–Crippen LogP) is 0.477. The summed E-state index contributed by atoms with van der Waals surface area (Å²) in [4.78, 5) is 38.2. The van der Waals surface area contributed by atoms with Gasteiger partial charge in [0.15, 0.2) is 0 Å². The zero-order valence-electron chi connectivity index (χ0n) is 10.5. The second-order valence-electron chi connectivity index (χ2n) is 5.34. The molecule has 3 amide bonds. The van der Waals surface area contributed by atoms with Crippen molar-refractivity contribution in [3.05, 3.63) is 42.5 Å². The van der Waals surface area contributed by atoms with E-state index in [0.717, 1.165) is 0 Å².